The molecule has 8 nitrogen and oxygen atoms in total. The number of ether oxygens (including phenoxy) is 1. The first kappa shape index (κ1) is 20.0. The van der Waals surface area contributed by atoms with Crippen LogP contribution in [0.3, 0.4) is 0 Å². The fourth-order valence-electron chi connectivity index (χ4n) is 3.71. The summed E-state index contributed by atoms with van der Waals surface area (Å²) in [6.45, 7) is 4.15. The summed E-state index contributed by atoms with van der Waals surface area (Å²) in [4.78, 5) is 32.1. The van der Waals surface area contributed by atoms with Crippen LogP contribution in [0.25, 0.3) is 0 Å². The van der Waals surface area contributed by atoms with E-state index in [1.165, 1.54) is 5.56 Å². The number of nitrogens with one attached hydrogen (secondary N) is 1. The first-order chi connectivity index (χ1) is 13.6. The van der Waals surface area contributed by atoms with E-state index in [2.05, 4.69) is 16.4 Å². The molecule has 0 aromatic heterocycles. The lowest BCUT2D eigenvalue weighted by molar-refractivity contribution is -0.117. The topological polar surface area (TPSA) is 100 Å². The third-order valence-corrected chi connectivity index (χ3v) is 5.17. The highest BCUT2D eigenvalue weighted by atomic mass is 16.6. The van der Waals surface area contributed by atoms with E-state index >= 15 is 0 Å². The Balaban J connectivity index is 1.48. The van der Waals surface area contributed by atoms with Gasteiger partial charge in [0.25, 0.3) is 0 Å². The van der Waals surface area contributed by atoms with Crippen molar-refractivity contribution in [1.82, 2.24) is 10.2 Å². The molecule has 0 unspecified atom stereocenters. The predicted octanol–water partition coefficient (Wildman–Crippen LogP) is 1.49. The summed E-state index contributed by atoms with van der Waals surface area (Å²) in [5, 5.41) is 3.17. The second-order valence-electron chi connectivity index (χ2n) is 7.08. The van der Waals surface area contributed by atoms with Crippen LogP contribution in [0.2, 0.25) is 0 Å². The molecule has 2 aliphatic rings. The number of hydrogen-bond donors (Lipinski definition) is 2. The number of aryl methyl sites for hydroxylation is 1. The fourth-order valence-corrected chi connectivity index (χ4v) is 3.71. The van der Waals surface area contributed by atoms with Gasteiger partial charge in [0.15, 0.2) is 5.96 Å². The minimum atomic E-state index is -0.269. The van der Waals surface area contributed by atoms with Crippen molar-refractivity contribution in [3.63, 3.8) is 0 Å². The Kier molecular flexibility index (Phi) is 6.73. The Morgan fingerprint density at radius 2 is 2.00 bits per heavy atom. The van der Waals surface area contributed by atoms with Gasteiger partial charge in [-0.3, -0.25) is 4.79 Å². The summed E-state index contributed by atoms with van der Waals surface area (Å²) >= 11 is 0. The number of hydrogen-bond acceptors (Lipinski definition) is 4. The average molecular weight is 387 g/mol. The Labute approximate surface area is 165 Å². The van der Waals surface area contributed by atoms with Crippen LogP contribution in [0.15, 0.2) is 29.3 Å². The van der Waals surface area contributed by atoms with Crippen LogP contribution in [0.5, 0.6) is 0 Å². The van der Waals surface area contributed by atoms with E-state index in [1.807, 2.05) is 18.2 Å². The highest BCUT2D eigenvalue weighted by Crippen LogP contribution is 2.26. The molecule has 1 aromatic rings. The Morgan fingerprint density at radius 1 is 1.25 bits per heavy atom. The average Bonchev–Trinajstić information content (AvgIpc) is 2.72. The molecule has 28 heavy (non-hydrogen) atoms. The number of aliphatic imine (C=N–C) groups is 1. The lowest BCUT2D eigenvalue weighted by Gasteiger charge is -2.32. The molecule has 2 amide bonds. The number of benzene rings is 1. The molecular formula is C20H29N5O3. The van der Waals surface area contributed by atoms with Crippen LogP contribution in [0.4, 0.5) is 10.5 Å². The summed E-state index contributed by atoms with van der Waals surface area (Å²) in [5.41, 5.74) is 8.16. The van der Waals surface area contributed by atoms with E-state index in [9.17, 15) is 9.59 Å². The monoisotopic (exact) mass is 387 g/mol. The van der Waals surface area contributed by atoms with Crippen LogP contribution in [-0.2, 0) is 16.0 Å². The summed E-state index contributed by atoms with van der Waals surface area (Å²) < 4.78 is 5.02. The van der Waals surface area contributed by atoms with Gasteiger partial charge in [-0.1, -0.05) is 18.2 Å². The number of likely N-dealkylation sites (tertiary alicyclic amines) is 1. The van der Waals surface area contributed by atoms with Crippen LogP contribution >= 0.6 is 0 Å². The van der Waals surface area contributed by atoms with Gasteiger partial charge in [0, 0.05) is 31.4 Å². The number of nitrogens with two attached hydrogens (primary N) is 1. The minimum Gasteiger partial charge on any atom is -0.450 e. The van der Waals surface area contributed by atoms with Gasteiger partial charge in [0.2, 0.25) is 5.91 Å². The molecule has 2 aliphatic heterocycles. The molecule has 1 fully saturated rings. The Bertz CT molecular complexity index is 728. The summed E-state index contributed by atoms with van der Waals surface area (Å²) in [6, 6.07) is 8.14. The molecule has 0 bridgehead atoms. The van der Waals surface area contributed by atoms with Crippen molar-refractivity contribution in [3.8, 4) is 0 Å². The van der Waals surface area contributed by atoms with Crippen molar-refractivity contribution < 1.29 is 14.3 Å². The number of rotatable bonds is 4. The predicted molar refractivity (Wildman–Crippen MR) is 108 cm³/mol. The quantitative estimate of drug-likeness (QED) is 0.602. The van der Waals surface area contributed by atoms with Crippen LogP contribution < -0.4 is 16.0 Å². The zero-order valence-corrected chi connectivity index (χ0v) is 16.4. The maximum atomic E-state index is 12.6. The normalized spacial score (nSPS) is 17.8. The first-order valence-corrected chi connectivity index (χ1v) is 9.95. The molecule has 3 N–H and O–H groups in total. The summed E-state index contributed by atoms with van der Waals surface area (Å²) in [6.07, 6.45) is 3.22. The van der Waals surface area contributed by atoms with Gasteiger partial charge in [0.1, 0.15) is 6.54 Å². The molecule has 0 aliphatic carbocycles. The third-order valence-electron chi connectivity index (χ3n) is 5.17. The van der Waals surface area contributed by atoms with Gasteiger partial charge in [-0.25, -0.2) is 9.79 Å². The second kappa shape index (κ2) is 9.43. The summed E-state index contributed by atoms with van der Waals surface area (Å²) in [7, 11) is 0. The van der Waals surface area contributed by atoms with Crippen molar-refractivity contribution in [2.75, 3.05) is 37.7 Å². The molecule has 1 aromatic carbocycles. The standard InChI is InChI=1S/C20H29N5O3/c1-2-28-20(27)24-12-9-16(10-13-24)23-19(21)22-14-18(26)25-11-5-7-15-6-3-4-8-17(15)25/h3-4,6,8,16H,2,5,7,9-14H2,1H3,(H3,21,22,23). The van der Waals surface area contributed by atoms with Crippen molar-refractivity contribution in [2.24, 2.45) is 10.7 Å². The molecule has 0 atom stereocenters. The van der Waals surface area contributed by atoms with E-state index in [-0.39, 0.29) is 30.5 Å². The molecule has 8 heteroatoms. The maximum absolute atomic E-state index is 12.6. The zero-order chi connectivity index (χ0) is 19.9. The molecule has 0 spiro atoms. The number of carbonyl (C=O) groups is 2. The number of guanidine groups is 1. The van der Waals surface area contributed by atoms with Gasteiger partial charge in [-0.05, 0) is 44.2 Å². The van der Waals surface area contributed by atoms with Gasteiger partial charge in [-0.15, -0.1) is 0 Å². The third kappa shape index (κ3) is 4.94. The fraction of sp³-hybridized carbons (Fsp3) is 0.550. The number of anilines is 1. The zero-order valence-electron chi connectivity index (χ0n) is 16.4. The van der Waals surface area contributed by atoms with E-state index < -0.39 is 0 Å². The highest BCUT2D eigenvalue weighted by Gasteiger charge is 2.24. The van der Waals surface area contributed by atoms with E-state index in [1.54, 1.807) is 16.7 Å². The summed E-state index contributed by atoms with van der Waals surface area (Å²) in [5.74, 6) is 0.224. The molecule has 0 radical (unpaired) electrons. The number of fused-ring (bicyclic) bond motifs is 1. The number of carbonyl (C=O) groups excluding carboxylic acids is 2. The smallest absolute Gasteiger partial charge is 0.409 e. The van der Waals surface area contributed by atoms with E-state index in [0.29, 0.717) is 26.2 Å². The van der Waals surface area contributed by atoms with Crippen molar-refractivity contribution in [1.29, 1.82) is 0 Å². The molecule has 2 heterocycles. The minimum absolute atomic E-state index is 0.0227. The van der Waals surface area contributed by atoms with Gasteiger partial charge in [-0.2, -0.15) is 0 Å². The molecule has 0 saturated carbocycles. The van der Waals surface area contributed by atoms with Crippen molar-refractivity contribution in [2.45, 2.75) is 38.6 Å². The lowest BCUT2D eigenvalue weighted by atomic mass is 10.0. The lowest BCUT2D eigenvalue weighted by Crippen LogP contribution is -2.48. The Hall–Kier alpha value is -2.77. The number of nitrogens with zero attached hydrogens (tertiary/aromatic N) is 3. The van der Waals surface area contributed by atoms with Crippen LogP contribution in [0, 0.1) is 0 Å². The second-order valence-corrected chi connectivity index (χ2v) is 7.08. The number of para-hydroxylation sites is 1. The van der Waals surface area contributed by atoms with Crippen molar-refractivity contribution >= 4 is 23.6 Å². The van der Waals surface area contributed by atoms with Gasteiger partial charge in [0.05, 0.1) is 6.61 Å². The molecule has 152 valence electrons. The Morgan fingerprint density at radius 3 is 2.75 bits per heavy atom. The number of amides is 2. The van der Waals surface area contributed by atoms with Crippen LogP contribution in [0.1, 0.15) is 31.7 Å². The largest absolute Gasteiger partial charge is 0.450 e. The SMILES string of the molecule is CCOC(=O)N1CCC(NC(N)=NCC(=O)N2CCCc3ccccc32)CC1. The van der Waals surface area contributed by atoms with E-state index in [0.717, 1.165) is 31.4 Å². The van der Waals surface area contributed by atoms with Gasteiger partial charge >= 0.3 is 6.09 Å². The van der Waals surface area contributed by atoms with Gasteiger partial charge < -0.3 is 25.6 Å². The van der Waals surface area contributed by atoms with Crippen LogP contribution in [-0.4, -0.2) is 61.7 Å². The number of piperidine rings is 1. The van der Waals surface area contributed by atoms with E-state index in [4.69, 9.17) is 10.5 Å². The molecule has 1 saturated heterocycles. The molecule has 3 rings (SSSR count). The molecular weight excluding hydrogens is 358 g/mol. The highest BCUT2D eigenvalue weighted by molar-refractivity contribution is 5.97. The first-order valence-electron chi connectivity index (χ1n) is 9.95. The van der Waals surface area contributed by atoms with Crippen molar-refractivity contribution in [3.05, 3.63) is 29.8 Å². The maximum Gasteiger partial charge on any atom is 0.409 e.